The topological polar surface area (TPSA) is 99.1 Å². The standard InChI is InChI=1S/C30H46N2O5S/c1-20(2)24-15-28(21(3)4)30(29(16-24)22(5)6)38(35,36)32-13-11-23(12-14-32)17-31-18-26(34)19-37-27-9-7-25(33)8-10-27/h7-10,15-16,20-23,26,31,33-34H,11-14,17-19H2,1-6H3/t26-/m1/s1. The number of aliphatic hydroxyl groups excluding tert-OH is 1. The molecule has 0 radical (unpaired) electrons. The number of hydrogen-bond acceptors (Lipinski definition) is 6. The molecule has 1 aliphatic heterocycles. The van der Waals surface area contributed by atoms with Crippen LogP contribution in [-0.4, -0.2) is 61.8 Å². The average Bonchev–Trinajstić information content (AvgIpc) is 2.87. The van der Waals surface area contributed by atoms with Gasteiger partial charge in [0.25, 0.3) is 0 Å². The summed E-state index contributed by atoms with van der Waals surface area (Å²) in [5, 5.41) is 22.9. The normalized spacial score (nSPS) is 16.5. The number of sulfonamides is 1. The Bertz CT molecular complexity index is 1110. The Morgan fingerprint density at radius 1 is 0.947 bits per heavy atom. The van der Waals surface area contributed by atoms with Gasteiger partial charge in [-0.05, 0) is 84.0 Å². The van der Waals surface area contributed by atoms with Crippen LogP contribution in [0.2, 0.25) is 0 Å². The van der Waals surface area contributed by atoms with Crippen molar-refractivity contribution in [2.24, 2.45) is 5.92 Å². The smallest absolute Gasteiger partial charge is 0.243 e. The molecule has 0 saturated carbocycles. The monoisotopic (exact) mass is 546 g/mol. The minimum absolute atomic E-state index is 0.113. The summed E-state index contributed by atoms with van der Waals surface area (Å²) in [5.41, 5.74) is 3.04. The van der Waals surface area contributed by atoms with Gasteiger partial charge in [-0.1, -0.05) is 53.7 Å². The van der Waals surface area contributed by atoms with Gasteiger partial charge in [-0.15, -0.1) is 0 Å². The number of rotatable bonds is 12. The minimum Gasteiger partial charge on any atom is -0.508 e. The molecule has 0 amide bonds. The molecule has 7 nitrogen and oxygen atoms in total. The zero-order chi connectivity index (χ0) is 28.0. The lowest BCUT2D eigenvalue weighted by molar-refractivity contribution is 0.104. The summed E-state index contributed by atoms with van der Waals surface area (Å²) >= 11 is 0. The molecule has 8 heteroatoms. The van der Waals surface area contributed by atoms with E-state index >= 15 is 0 Å². The maximum absolute atomic E-state index is 14.0. The van der Waals surface area contributed by atoms with Crippen molar-refractivity contribution in [2.45, 2.75) is 83.1 Å². The second-order valence-electron chi connectivity index (χ2n) is 11.5. The highest BCUT2D eigenvalue weighted by Crippen LogP contribution is 2.37. The summed E-state index contributed by atoms with van der Waals surface area (Å²) in [6, 6.07) is 10.6. The Morgan fingerprint density at radius 2 is 1.50 bits per heavy atom. The van der Waals surface area contributed by atoms with E-state index in [-0.39, 0.29) is 24.2 Å². The van der Waals surface area contributed by atoms with Crippen LogP contribution >= 0.6 is 0 Å². The zero-order valence-corrected chi connectivity index (χ0v) is 24.6. The number of phenolic OH excluding ortho intramolecular Hbond substituents is 1. The van der Waals surface area contributed by atoms with E-state index in [9.17, 15) is 18.6 Å². The summed E-state index contributed by atoms with van der Waals surface area (Å²) in [4.78, 5) is 0.514. The third-order valence-electron chi connectivity index (χ3n) is 7.34. The van der Waals surface area contributed by atoms with Gasteiger partial charge in [0, 0.05) is 19.6 Å². The van der Waals surface area contributed by atoms with Gasteiger partial charge < -0.3 is 20.3 Å². The molecule has 0 aliphatic carbocycles. The summed E-state index contributed by atoms with van der Waals surface area (Å²) in [5.74, 6) is 1.68. The fourth-order valence-electron chi connectivity index (χ4n) is 4.92. The van der Waals surface area contributed by atoms with E-state index in [1.165, 1.54) is 5.56 Å². The van der Waals surface area contributed by atoms with E-state index in [1.54, 1.807) is 28.6 Å². The molecule has 2 aromatic rings. The van der Waals surface area contributed by atoms with E-state index in [2.05, 4.69) is 59.0 Å². The fraction of sp³-hybridized carbons (Fsp3) is 0.600. The molecule has 1 atom stereocenters. The number of ether oxygens (including phenoxy) is 1. The molecule has 1 saturated heterocycles. The van der Waals surface area contributed by atoms with E-state index in [4.69, 9.17) is 4.74 Å². The number of piperidine rings is 1. The van der Waals surface area contributed by atoms with Crippen LogP contribution < -0.4 is 10.1 Å². The van der Waals surface area contributed by atoms with Crippen molar-refractivity contribution in [2.75, 3.05) is 32.8 Å². The molecule has 0 bridgehead atoms. The highest BCUT2D eigenvalue weighted by Gasteiger charge is 2.34. The van der Waals surface area contributed by atoms with Crippen LogP contribution in [0.3, 0.4) is 0 Å². The van der Waals surface area contributed by atoms with Gasteiger partial charge >= 0.3 is 0 Å². The van der Waals surface area contributed by atoms with Gasteiger partial charge in [-0.25, -0.2) is 8.42 Å². The Hall–Kier alpha value is -2.13. The van der Waals surface area contributed by atoms with Gasteiger partial charge in [0.05, 0.1) is 4.90 Å². The highest BCUT2D eigenvalue weighted by molar-refractivity contribution is 7.89. The molecule has 3 N–H and O–H groups in total. The summed E-state index contributed by atoms with van der Waals surface area (Å²) in [7, 11) is -3.61. The first-order valence-corrected chi connectivity index (χ1v) is 15.3. The van der Waals surface area contributed by atoms with Gasteiger partial charge in [-0.2, -0.15) is 4.31 Å². The van der Waals surface area contributed by atoms with Crippen molar-refractivity contribution in [3.63, 3.8) is 0 Å². The average molecular weight is 547 g/mol. The molecule has 3 rings (SSSR count). The van der Waals surface area contributed by atoms with Gasteiger partial charge in [0.2, 0.25) is 10.0 Å². The zero-order valence-electron chi connectivity index (χ0n) is 23.8. The molecule has 212 valence electrons. The lowest BCUT2D eigenvalue weighted by Gasteiger charge is -2.33. The SMILES string of the molecule is CC(C)c1cc(C(C)C)c(S(=O)(=O)N2CCC(CNC[C@@H](O)COc3ccc(O)cc3)CC2)c(C(C)C)c1. The molecule has 38 heavy (non-hydrogen) atoms. The van der Waals surface area contributed by atoms with E-state index in [0.717, 1.165) is 30.5 Å². The maximum Gasteiger partial charge on any atom is 0.243 e. The second kappa shape index (κ2) is 13.3. The fourth-order valence-corrected chi connectivity index (χ4v) is 7.05. The quantitative estimate of drug-likeness (QED) is 0.339. The predicted octanol–water partition coefficient (Wildman–Crippen LogP) is 5.19. The Labute approximate surface area is 229 Å². The minimum atomic E-state index is -3.61. The number of nitrogens with zero attached hydrogens (tertiary/aromatic N) is 1. The Kier molecular flexibility index (Phi) is 10.6. The van der Waals surface area contributed by atoms with Gasteiger partial charge in [-0.3, -0.25) is 0 Å². The predicted molar refractivity (Wildman–Crippen MR) is 153 cm³/mol. The number of phenols is 1. The number of aromatic hydroxyl groups is 1. The summed E-state index contributed by atoms with van der Waals surface area (Å²) in [6.45, 7) is 14.9. The lowest BCUT2D eigenvalue weighted by atomic mass is 9.89. The second-order valence-corrected chi connectivity index (χ2v) is 13.3. The number of benzene rings is 2. The summed E-state index contributed by atoms with van der Waals surface area (Å²) in [6.07, 6.45) is 0.900. The van der Waals surface area contributed by atoms with Crippen LogP contribution in [0.25, 0.3) is 0 Å². The van der Waals surface area contributed by atoms with Crippen molar-refractivity contribution >= 4 is 10.0 Å². The third kappa shape index (κ3) is 7.72. The molecular formula is C30H46N2O5S. The Balaban J connectivity index is 1.58. The first kappa shape index (κ1) is 30.4. The van der Waals surface area contributed by atoms with Gasteiger partial charge in [0.1, 0.15) is 24.2 Å². The molecule has 1 fully saturated rings. The van der Waals surface area contributed by atoms with Crippen molar-refractivity contribution in [1.29, 1.82) is 0 Å². The largest absolute Gasteiger partial charge is 0.508 e. The van der Waals surface area contributed by atoms with Crippen molar-refractivity contribution in [3.05, 3.63) is 53.1 Å². The Morgan fingerprint density at radius 3 is 2.00 bits per heavy atom. The van der Waals surface area contributed by atoms with Crippen LogP contribution in [0.1, 0.15) is 88.8 Å². The molecule has 2 aromatic carbocycles. The molecule has 1 aliphatic rings. The lowest BCUT2D eigenvalue weighted by Crippen LogP contribution is -2.42. The maximum atomic E-state index is 14.0. The molecule has 1 heterocycles. The van der Waals surface area contributed by atoms with Crippen LogP contribution in [-0.2, 0) is 10.0 Å². The van der Waals surface area contributed by atoms with Crippen molar-refractivity contribution < 1.29 is 23.4 Å². The number of nitrogens with one attached hydrogen (secondary N) is 1. The van der Waals surface area contributed by atoms with Crippen LogP contribution in [0.15, 0.2) is 41.3 Å². The molecular weight excluding hydrogens is 500 g/mol. The number of hydrogen-bond donors (Lipinski definition) is 3. The van der Waals surface area contributed by atoms with E-state index in [0.29, 0.717) is 42.1 Å². The molecule has 0 spiro atoms. The van der Waals surface area contributed by atoms with Crippen LogP contribution in [0, 0.1) is 5.92 Å². The van der Waals surface area contributed by atoms with Crippen molar-refractivity contribution in [1.82, 2.24) is 9.62 Å². The van der Waals surface area contributed by atoms with Crippen LogP contribution in [0.5, 0.6) is 11.5 Å². The number of aliphatic hydroxyl groups is 1. The summed E-state index contributed by atoms with van der Waals surface area (Å²) < 4.78 is 35.2. The first-order valence-electron chi connectivity index (χ1n) is 13.9. The van der Waals surface area contributed by atoms with Crippen LogP contribution in [0.4, 0.5) is 0 Å². The van der Waals surface area contributed by atoms with E-state index in [1.807, 2.05) is 0 Å². The van der Waals surface area contributed by atoms with E-state index < -0.39 is 16.1 Å². The third-order valence-corrected chi connectivity index (χ3v) is 9.38. The van der Waals surface area contributed by atoms with Crippen molar-refractivity contribution in [3.8, 4) is 11.5 Å². The first-order chi connectivity index (χ1) is 17.9. The molecule has 0 unspecified atom stereocenters. The highest BCUT2D eigenvalue weighted by atomic mass is 32.2. The molecule has 0 aromatic heterocycles. The van der Waals surface area contributed by atoms with Gasteiger partial charge in [0.15, 0.2) is 0 Å².